The van der Waals surface area contributed by atoms with Gasteiger partial charge in [-0.2, -0.15) is 0 Å². The third kappa shape index (κ3) is 1.89. The molecule has 62 valence electrons. The smallest absolute Gasteiger partial charge is 0.253 e. The van der Waals surface area contributed by atoms with Gasteiger partial charge in [0.2, 0.25) is 5.89 Å². The zero-order valence-corrected chi connectivity index (χ0v) is 7.02. The molecule has 1 heterocycles. The van der Waals surface area contributed by atoms with E-state index in [9.17, 15) is 4.39 Å². The van der Waals surface area contributed by atoms with Crippen LogP contribution in [-0.4, -0.2) is 10.2 Å². The molecule has 0 aliphatic heterocycles. The molecule has 0 saturated heterocycles. The van der Waals surface area contributed by atoms with Crippen molar-refractivity contribution < 1.29 is 8.81 Å². The molecule has 0 N–H and O–H groups in total. The van der Waals surface area contributed by atoms with Crippen LogP contribution in [0.4, 0.5) is 4.39 Å². The van der Waals surface area contributed by atoms with Gasteiger partial charge in [-0.05, 0) is 13.8 Å². The minimum absolute atomic E-state index is 0.0341. The Hall–Kier alpha value is -0.640. The molecule has 0 atom stereocenters. The molecule has 0 amide bonds. The van der Waals surface area contributed by atoms with Crippen molar-refractivity contribution in [3.05, 3.63) is 11.8 Å². The Bertz CT molecular complexity index is 243. The average molecular weight is 179 g/mol. The number of rotatable bonds is 2. The molecule has 11 heavy (non-hydrogen) atoms. The predicted octanol–water partition coefficient (Wildman–Crippen LogP) is 2.01. The maximum absolute atomic E-state index is 13.0. The molecule has 0 bridgehead atoms. The lowest BCUT2D eigenvalue weighted by Crippen LogP contribution is -2.09. The van der Waals surface area contributed by atoms with Gasteiger partial charge in [-0.1, -0.05) is 0 Å². The van der Waals surface area contributed by atoms with Crippen molar-refractivity contribution in [2.24, 2.45) is 0 Å². The molecule has 1 rings (SSSR count). The summed E-state index contributed by atoms with van der Waals surface area (Å²) in [6, 6.07) is 0. The topological polar surface area (TPSA) is 38.9 Å². The minimum atomic E-state index is -1.59. The summed E-state index contributed by atoms with van der Waals surface area (Å²) in [5.41, 5.74) is -1.59. The number of halogens is 2. The molecule has 3 nitrogen and oxygen atoms in total. The average Bonchev–Trinajstić information content (AvgIpc) is 2.32. The van der Waals surface area contributed by atoms with Gasteiger partial charge in [-0.3, -0.25) is 0 Å². The molecule has 0 aliphatic rings. The van der Waals surface area contributed by atoms with Crippen LogP contribution in [0.25, 0.3) is 0 Å². The van der Waals surface area contributed by atoms with Gasteiger partial charge < -0.3 is 4.42 Å². The summed E-state index contributed by atoms with van der Waals surface area (Å²) in [5, 5.41) is 6.99. The standard InChI is InChI=1S/C6H8ClFN2O/c1-6(2,8)5-10-9-4(3-7)11-5/h3H2,1-2H3. The van der Waals surface area contributed by atoms with Gasteiger partial charge in [-0.25, -0.2) is 4.39 Å². The van der Waals surface area contributed by atoms with Gasteiger partial charge in [0.25, 0.3) is 5.89 Å². The Kier molecular flexibility index (Phi) is 2.13. The summed E-state index contributed by atoms with van der Waals surface area (Å²) in [4.78, 5) is 0. The van der Waals surface area contributed by atoms with Crippen LogP contribution in [0.2, 0.25) is 0 Å². The maximum atomic E-state index is 13.0. The van der Waals surface area contributed by atoms with Crippen molar-refractivity contribution in [1.29, 1.82) is 0 Å². The van der Waals surface area contributed by atoms with Gasteiger partial charge in [0.15, 0.2) is 5.67 Å². The summed E-state index contributed by atoms with van der Waals surface area (Å²) < 4.78 is 17.9. The van der Waals surface area contributed by atoms with Crippen LogP contribution in [0.1, 0.15) is 25.6 Å². The molecule has 1 aromatic rings. The third-order valence-corrected chi connectivity index (χ3v) is 1.32. The van der Waals surface area contributed by atoms with E-state index in [1.54, 1.807) is 0 Å². The highest BCUT2D eigenvalue weighted by molar-refractivity contribution is 6.16. The monoisotopic (exact) mass is 178 g/mol. The van der Waals surface area contributed by atoms with E-state index < -0.39 is 5.67 Å². The Morgan fingerprint density at radius 2 is 2.18 bits per heavy atom. The van der Waals surface area contributed by atoms with Gasteiger partial charge >= 0.3 is 0 Å². The predicted molar refractivity (Wildman–Crippen MR) is 38.0 cm³/mol. The lowest BCUT2D eigenvalue weighted by molar-refractivity contribution is 0.168. The first kappa shape index (κ1) is 8.46. The second-order valence-electron chi connectivity index (χ2n) is 2.61. The fourth-order valence-corrected chi connectivity index (χ4v) is 0.656. The van der Waals surface area contributed by atoms with E-state index in [1.807, 2.05) is 0 Å². The summed E-state index contributed by atoms with van der Waals surface area (Å²) >= 11 is 5.37. The molecule has 0 spiro atoms. The first-order chi connectivity index (χ1) is 5.04. The number of aromatic nitrogens is 2. The molecule has 0 aromatic carbocycles. The van der Waals surface area contributed by atoms with Crippen LogP contribution in [0.5, 0.6) is 0 Å². The normalized spacial score (nSPS) is 12.0. The molecule has 5 heteroatoms. The highest BCUT2D eigenvalue weighted by Crippen LogP contribution is 2.22. The van der Waals surface area contributed by atoms with Crippen molar-refractivity contribution in [2.75, 3.05) is 0 Å². The van der Waals surface area contributed by atoms with Crippen LogP contribution in [0.15, 0.2) is 4.42 Å². The fraction of sp³-hybridized carbons (Fsp3) is 0.667. The highest BCUT2D eigenvalue weighted by atomic mass is 35.5. The van der Waals surface area contributed by atoms with Gasteiger partial charge in [-0.15, -0.1) is 21.8 Å². The summed E-state index contributed by atoms with van der Waals surface area (Å²) in [6.07, 6.45) is 0. The third-order valence-electron chi connectivity index (χ3n) is 1.09. The van der Waals surface area contributed by atoms with Crippen molar-refractivity contribution in [1.82, 2.24) is 10.2 Å². The van der Waals surface area contributed by atoms with Crippen molar-refractivity contribution in [2.45, 2.75) is 25.4 Å². The zero-order chi connectivity index (χ0) is 8.48. The Balaban J connectivity index is 2.89. The SMILES string of the molecule is CC(C)(F)c1nnc(CCl)o1. The molecule has 0 saturated carbocycles. The molecule has 0 unspecified atom stereocenters. The second-order valence-corrected chi connectivity index (χ2v) is 2.87. The van der Waals surface area contributed by atoms with E-state index in [1.165, 1.54) is 13.8 Å². The fourth-order valence-electron chi connectivity index (χ4n) is 0.548. The highest BCUT2D eigenvalue weighted by Gasteiger charge is 2.25. The van der Waals surface area contributed by atoms with Crippen molar-refractivity contribution >= 4 is 11.6 Å². The summed E-state index contributed by atoms with van der Waals surface area (Å²) in [6.45, 7) is 2.69. The Morgan fingerprint density at radius 3 is 2.45 bits per heavy atom. The van der Waals surface area contributed by atoms with E-state index in [4.69, 9.17) is 16.0 Å². The summed E-state index contributed by atoms with van der Waals surface area (Å²) in [7, 11) is 0. The molecule has 0 aliphatic carbocycles. The second kappa shape index (κ2) is 2.77. The quantitative estimate of drug-likeness (QED) is 0.651. The molecular formula is C6H8ClFN2O. The van der Waals surface area contributed by atoms with Gasteiger partial charge in [0.05, 0.1) is 0 Å². The minimum Gasteiger partial charge on any atom is -0.420 e. The Labute approximate surface area is 68.6 Å². The van der Waals surface area contributed by atoms with E-state index in [2.05, 4.69) is 10.2 Å². The largest absolute Gasteiger partial charge is 0.420 e. The zero-order valence-electron chi connectivity index (χ0n) is 6.27. The molecule has 0 fully saturated rings. The number of nitrogens with zero attached hydrogens (tertiary/aromatic N) is 2. The van der Waals surface area contributed by atoms with Crippen LogP contribution >= 0.6 is 11.6 Å². The first-order valence-electron chi connectivity index (χ1n) is 3.12. The van der Waals surface area contributed by atoms with E-state index in [-0.39, 0.29) is 17.7 Å². The lowest BCUT2D eigenvalue weighted by atomic mass is 10.2. The lowest BCUT2D eigenvalue weighted by Gasteiger charge is -2.05. The van der Waals surface area contributed by atoms with Gasteiger partial charge in [0.1, 0.15) is 5.88 Å². The van der Waals surface area contributed by atoms with Gasteiger partial charge in [0, 0.05) is 0 Å². The molecule has 0 radical (unpaired) electrons. The first-order valence-corrected chi connectivity index (χ1v) is 3.65. The Morgan fingerprint density at radius 1 is 1.55 bits per heavy atom. The van der Waals surface area contributed by atoms with Crippen molar-refractivity contribution in [3.8, 4) is 0 Å². The van der Waals surface area contributed by atoms with Crippen LogP contribution < -0.4 is 0 Å². The maximum Gasteiger partial charge on any atom is 0.253 e. The van der Waals surface area contributed by atoms with E-state index in [0.717, 1.165) is 0 Å². The van der Waals surface area contributed by atoms with E-state index >= 15 is 0 Å². The van der Waals surface area contributed by atoms with Crippen LogP contribution in [0, 0.1) is 0 Å². The van der Waals surface area contributed by atoms with Crippen LogP contribution in [0.3, 0.4) is 0 Å². The number of hydrogen-bond acceptors (Lipinski definition) is 3. The number of alkyl halides is 2. The molecular weight excluding hydrogens is 171 g/mol. The van der Waals surface area contributed by atoms with Crippen LogP contribution in [-0.2, 0) is 11.5 Å². The van der Waals surface area contributed by atoms with Crippen molar-refractivity contribution in [3.63, 3.8) is 0 Å². The van der Waals surface area contributed by atoms with E-state index in [0.29, 0.717) is 0 Å². The number of hydrogen-bond donors (Lipinski definition) is 0. The molecule has 1 aromatic heterocycles. The summed E-state index contributed by atoms with van der Waals surface area (Å²) in [5.74, 6) is 0.323.